The minimum absolute atomic E-state index is 0.648. The summed E-state index contributed by atoms with van der Waals surface area (Å²) in [6.45, 7) is 8.05. The summed E-state index contributed by atoms with van der Waals surface area (Å²) in [7, 11) is 0. The molecule has 0 aliphatic rings. The van der Waals surface area contributed by atoms with E-state index in [-0.39, 0.29) is 0 Å². The van der Waals surface area contributed by atoms with Crippen molar-refractivity contribution in [1.82, 2.24) is 4.98 Å². The molecule has 1 atom stereocenters. The van der Waals surface area contributed by atoms with Crippen molar-refractivity contribution in [2.24, 2.45) is 0 Å². The van der Waals surface area contributed by atoms with Gasteiger partial charge < -0.3 is 5.11 Å². The Balaban J connectivity index is 2.47. The number of nitrogens with zero attached hydrogens (tertiary/aromatic N) is 1. The van der Waals surface area contributed by atoms with Crippen molar-refractivity contribution in [2.75, 3.05) is 0 Å². The monoisotopic (exact) mass is 241 g/mol. The predicted molar refractivity (Wildman–Crippen MR) is 73.7 cm³/mol. The van der Waals surface area contributed by atoms with E-state index in [1.54, 1.807) is 6.20 Å². The fourth-order valence-electron chi connectivity index (χ4n) is 2.21. The van der Waals surface area contributed by atoms with Crippen molar-refractivity contribution >= 4 is 0 Å². The molecule has 18 heavy (non-hydrogen) atoms. The molecule has 0 aliphatic carbocycles. The van der Waals surface area contributed by atoms with Crippen molar-refractivity contribution in [1.29, 1.82) is 0 Å². The van der Waals surface area contributed by atoms with E-state index in [1.165, 1.54) is 0 Å². The molecular weight excluding hydrogens is 222 g/mol. The Morgan fingerprint density at radius 2 is 1.67 bits per heavy atom. The number of aromatic nitrogens is 1. The number of hydrogen-bond acceptors (Lipinski definition) is 2. The molecule has 1 heterocycles. The van der Waals surface area contributed by atoms with Crippen molar-refractivity contribution in [2.45, 2.75) is 33.8 Å². The number of hydrogen-bond donors (Lipinski definition) is 1. The summed E-state index contributed by atoms with van der Waals surface area (Å²) >= 11 is 0. The Bertz CT molecular complexity index is 575. The van der Waals surface area contributed by atoms with Gasteiger partial charge in [-0.2, -0.15) is 0 Å². The highest BCUT2D eigenvalue weighted by Crippen LogP contribution is 2.26. The van der Waals surface area contributed by atoms with Gasteiger partial charge in [0.2, 0.25) is 0 Å². The average molecular weight is 241 g/mol. The third-order valence-electron chi connectivity index (χ3n) is 3.24. The van der Waals surface area contributed by atoms with E-state index in [0.29, 0.717) is 0 Å². The van der Waals surface area contributed by atoms with Crippen LogP contribution in [0.4, 0.5) is 0 Å². The third kappa shape index (κ3) is 2.44. The molecule has 0 saturated heterocycles. The minimum Gasteiger partial charge on any atom is -0.382 e. The Kier molecular flexibility index (Phi) is 3.48. The lowest BCUT2D eigenvalue weighted by Crippen LogP contribution is -2.07. The first-order chi connectivity index (χ1) is 8.49. The summed E-state index contributed by atoms with van der Waals surface area (Å²) < 4.78 is 0. The molecule has 1 unspecified atom stereocenters. The van der Waals surface area contributed by atoms with Crippen molar-refractivity contribution < 1.29 is 5.11 Å². The topological polar surface area (TPSA) is 33.1 Å². The molecule has 0 radical (unpaired) electrons. The fraction of sp³-hybridized carbons (Fsp3) is 0.312. The number of aryl methyl sites for hydroxylation is 4. The van der Waals surface area contributed by atoms with Crippen molar-refractivity contribution in [3.8, 4) is 0 Å². The van der Waals surface area contributed by atoms with Gasteiger partial charge in [0.05, 0.1) is 5.69 Å². The second-order valence-electron chi connectivity index (χ2n) is 4.98. The van der Waals surface area contributed by atoms with Crippen LogP contribution < -0.4 is 0 Å². The molecule has 1 aromatic carbocycles. The second-order valence-corrected chi connectivity index (χ2v) is 4.98. The molecule has 1 N–H and O–H groups in total. The molecule has 0 fully saturated rings. The van der Waals surface area contributed by atoms with E-state index >= 15 is 0 Å². The molecule has 0 spiro atoms. The van der Waals surface area contributed by atoms with Crippen LogP contribution in [0.3, 0.4) is 0 Å². The molecule has 0 saturated carbocycles. The predicted octanol–water partition coefficient (Wildman–Crippen LogP) is 3.40. The molecule has 2 nitrogen and oxygen atoms in total. The number of pyridine rings is 1. The fourth-order valence-corrected chi connectivity index (χ4v) is 2.21. The van der Waals surface area contributed by atoms with Crippen molar-refractivity contribution in [3.05, 3.63) is 64.0 Å². The highest BCUT2D eigenvalue weighted by Gasteiger charge is 2.16. The maximum Gasteiger partial charge on any atom is 0.121 e. The third-order valence-corrected chi connectivity index (χ3v) is 3.24. The first-order valence-corrected chi connectivity index (χ1v) is 6.17. The Morgan fingerprint density at radius 3 is 2.33 bits per heavy atom. The average Bonchev–Trinajstić information content (AvgIpc) is 2.31. The quantitative estimate of drug-likeness (QED) is 0.874. The molecule has 2 aromatic rings. The van der Waals surface area contributed by atoms with E-state index < -0.39 is 6.10 Å². The van der Waals surface area contributed by atoms with Gasteiger partial charge >= 0.3 is 0 Å². The van der Waals surface area contributed by atoms with Crippen LogP contribution in [0.1, 0.15) is 39.6 Å². The molecule has 2 heteroatoms. The largest absolute Gasteiger partial charge is 0.382 e. The normalized spacial score (nSPS) is 12.5. The van der Waals surface area contributed by atoms with Gasteiger partial charge in [-0.1, -0.05) is 29.8 Å². The number of aliphatic hydroxyl groups excluding tert-OH is 1. The van der Waals surface area contributed by atoms with Crippen LogP contribution in [0.5, 0.6) is 0 Å². The standard InChI is InChI=1S/C16H19NO/c1-10-5-6-12(3)14(8-10)16(18)15-13(4)7-11(2)9-17-15/h5-9,16,18H,1-4H3. The van der Waals surface area contributed by atoms with Gasteiger partial charge in [-0.15, -0.1) is 0 Å². The summed E-state index contributed by atoms with van der Waals surface area (Å²) in [4.78, 5) is 4.37. The zero-order chi connectivity index (χ0) is 13.3. The second kappa shape index (κ2) is 4.91. The zero-order valence-electron chi connectivity index (χ0n) is 11.4. The SMILES string of the molecule is Cc1cnc(C(O)c2cc(C)ccc2C)c(C)c1. The van der Waals surface area contributed by atoms with Gasteiger partial charge in [-0.3, -0.25) is 4.98 Å². The van der Waals surface area contributed by atoms with E-state index in [4.69, 9.17) is 0 Å². The summed E-state index contributed by atoms with van der Waals surface area (Å²) in [5, 5.41) is 10.5. The smallest absolute Gasteiger partial charge is 0.121 e. The van der Waals surface area contributed by atoms with Crippen LogP contribution >= 0.6 is 0 Å². The highest BCUT2D eigenvalue weighted by atomic mass is 16.3. The van der Waals surface area contributed by atoms with Gasteiger partial charge in [-0.05, 0) is 49.9 Å². The lowest BCUT2D eigenvalue weighted by Gasteiger charge is -2.16. The Labute approximate surface area is 108 Å². The molecular formula is C16H19NO. The maximum absolute atomic E-state index is 10.5. The summed E-state index contributed by atoms with van der Waals surface area (Å²) in [5.74, 6) is 0. The van der Waals surface area contributed by atoms with Gasteiger partial charge in [0, 0.05) is 6.20 Å². The zero-order valence-corrected chi connectivity index (χ0v) is 11.4. The van der Waals surface area contributed by atoms with Crippen LogP contribution in [0.25, 0.3) is 0 Å². The summed E-state index contributed by atoms with van der Waals surface area (Å²) in [6, 6.07) is 8.18. The van der Waals surface area contributed by atoms with Gasteiger partial charge in [0.15, 0.2) is 0 Å². The van der Waals surface area contributed by atoms with Crippen LogP contribution in [0.15, 0.2) is 30.5 Å². The first-order valence-electron chi connectivity index (χ1n) is 6.17. The molecule has 94 valence electrons. The van der Waals surface area contributed by atoms with E-state index in [9.17, 15) is 5.11 Å². The molecule has 1 aromatic heterocycles. The Hall–Kier alpha value is -1.67. The molecule has 2 rings (SSSR count). The van der Waals surface area contributed by atoms with E-state index in [2.05, 4.69) is 17.1 Å². The van der Waals surface area contributed by atoms with E-state index in [0.717, 1.165) is 33.5 Å². The number of rotatable bonds is 2. The van der Waals surface area contributed by atoms with Gasteiger partial charge in [-0.25, -0.2) is 0 Å². The minimum atomic E-state index is -0.648. The van der Waals surface area contributed by atoms with Crippen LogP contribution in [-0.2, 0) is 0 Å². The first kappa shape index (κ1) is 12.8. The lowest BCUT2D eigenvalue weighted by molar-refractivity contribution is 0.213. The maximum atomic E-state index is 10.5. The van der Waals surface area contributed by atoms with Gasteiger partial charge in [0.25, 0.3) is 0 Å². The lowest BCUT2D eigenvalue weighted by atomic mass is 9.96. The highest BCUT2D eigenvalue weighted by molar-refractivity contribution is 5.38. The Morgan fingerprint density at radius 1 is 0.944 bits per heavy atom. The summed E-state index contributed by atoms with van der Waals surface area (Å²) in [5.41, 5.74) is 6.07. The van der Waals surface area contributed by atoms with Crippen LogP contribution in [0.2, 0.25) is 0 Å². The number of aliphatic hydroxyl groups is 1. The van der Waals surface area contributed by atoms with Crippen LogP contribution in [-0.4, -0.2) is 10.1 Å². The van der Waals surface area contributed by atoms with Gasteiger partial charge in [0.1, 0.15) is 6.10 Å². The van der Waals surface area contributed by atoms with Crippen molar-refractivity contribution in [3.63, 3.8) is 0 Å². The van der Waals surface area contributed by atoms with E-state index in [1.807, 2.05) is 39.8 Å². The molecule has 0 amide bonds. The van der Waals surface area contributed by atoms with Crippen LogP contribution in [0, 0.1) is 27.7 Å². The molecule has 0 aliphatic heterocycles. The number of benzene rings is 1. The summed E-state index contributed by atoms with van der Waals surface area (Å²) in [6.07, 6.45) is 1.15. The molecule has 0 bridgehead atoms.